The van der Waals surface area contributed by atoms with Gasteiger partial charge in [-0.15, -0.1) is 0 Å². The minimum absolute atomic E-state index is 0.750. The largest absolute Gasteiger partial charge is 0.318 e. The van der Waals surface area contributed by atoms with Crippen LogP contribution in [-0.2, 0) is 13.5 Å². The number of aromatic nitrogens is 4. The average molecular weight is 217 g/mol. The zero-order valence-corrected chi connectivity index (χ0v) is 9.90. The number of imidazole rings is 1. The van der Waals surface area contributed by atoms with Gasteiger partial charge in [0.25, 0.3) is 0 Å². The number of nitrogens with zero attached hydrogens (tertiary/aromatic N) is 4. The van der Waals surface area contributed by atoms with Crippen molar-refractivity contribution in [2.24, 2.45) is 7.05 Å². The third-order valence-electron chi connectivity index (χ3n) is 2.69. The smallest absolute Gasteiger partial charge is 0.163 e. The van der Waals surface area contributed by atoms with Gasteiger partial charge in [-0.25, -0.2) is 15.0 Å². The number of hydrogen-bond acceptors (Lipinski definition) is 3. The summed E-state index contributed by atoms with van der Waals surface area (Å²) in [6.45, 7) is 2.21. The summed E-state index contributed by atoms with van der Waals surface area (Å²) in [6, 6.07) is 0. The van der Waals surface area contributed by atoms with Crippen molar-refractivity contribution in [3.8, 4) is 0 Å². The fourth-order valence-electron chi connectivity index (χ4n) is 1.72. The second kappa shape index (κ2) is 5.05. The highest BCUT2D eigenvalue weighted by Crippen LogP contribution is 2.09. The van der Waals surface area contributed by atoms with E-state index in [0.29, 0.717) is 0 Å². The van der Waals surface area contributed by atoms with Gasteiger partial charge < -0.3 is 4.57 Å². The van der Waals surface area contributed by atoms with Crippen LogP contribution in [-0.4, -0.2) is 19.5 Å². The molecule has 1 radical (unpaired) electrons. The minimum Gasteiger partial charge on any atom is -0.318 e. The fourth-order valence-corrected chi connectivity index (χ4v) is 1.72. The van der Waals surface area contributed by atoms with Gasteiger partial charge in [0.15, 0.2) is 5.65 Å². The average Bonchev–Trinajstić information content (AvgIpc) is 2.67. The van der Waals surface area contributed by atoms with Crippen molar-refractivity contribution in [2.45, 2.75) is 39.0 Å². The zero-order chi connectivity index (χ0) is 11.4. The zero-order valence-electron chi connectivity index (χ0n) is 9.90. The molecule has 0 unspecified atom stereocenters. The Hall–Kier alpha value is -1.45. The molecule has 2 aromatic rings. The molecule has 4 nitrogen and oxygen atoms in total. The lowest BCUT2D eigenvalue weighted by Crippen LogP contribution is -1.98. The highest BCUT2D eigenvalue weighted by Gasteiger charge is 2.04. The van der Waals surface area contributed by atoms with E-state index in [9.17, 15) is 0 Å². The van der Waals surface area contributed by atoms with Gasteiger partial charge in [-0.1, -0.05) is 26.2 Å². The number of hydrogen-bond donors (Lipinski definition) is 0. The lowest BCUT2D eigenvalue weighted by molar-refractivity contribution is 0.652. The molecule has 0 saturated heterocycles. The summed E-state index contributed by atoms with van der Waals surface area (Å²) in [5, 5.41) is 0. The molecule has 2 rings (SSSR count). The van der Waals surface area contributed by atoms with Crippen LogP contribution in [0.4, 0.5) is 0 Å². The standard InChI is InChI=1S/C12H17N4/c1-3-4-5-6-7-11-13-8-10-12(15-11)16(2)9-14-10/h9H,3-7H2,1-2H3. The maximum atomic E-state index is 4.49. The molecule has 2 aromatic heterocycles. The molecule has 0 bridgehead atoms. The topological polar surface area (TPSA) is 43.6 Å². The van der Waals surface area contributed by atoms with Crippen LogP contribution < -0.4 is 0 Å². The van der Waals surface area contributed by atoms with Gasteiger partial charge >= 0.3 is 0 Å². The molecular weight excluding hydrogens is 200 g/mol. The Kier molecular flexibility index (Phi) is 3.49. The van der Waals surface area contributed by atoms with Crippen molar-refractivity contribution in [1.82, 2.24) is 19.5 Å². The lowest BCUT2D eigenvalue weighted by atomic mass is 10.1. The molecule has 16 heavy (non-hydrogen) atoms. The van der Waals surface area contributed by atoms with Crippen LogP contribution in [0.5, 0.6) is 0 Å². The summed E-state index contributed by atoms with van der Waals surface area (Å²) in [6.07, 6.45) is 10.6. The van der Waals surface area contributed by atoms with Crippen LogP contribution in [0, 0.1) is 6.20 Å². The van der Waals surface area contributed by atoms with Crippen molar-refractivity contribution in [2.75, 3.05) is 0 Å². The quantitative estimate of drug-likeness (QED) is 0.722. The Morgan fingerprint density at radius 1 is 1.31 bits per heavy atom. The van der Waals surface area contributed by atoms with Crippen LogP contribution in [0.15, 0.2) is 6.33 Å². The highest BCUT2D eigenvalue weighted by atomic mass is 15.1. The van der Waals surface area contributed by atoms with Crippen molar-refractivity contribution < 1.29 is 0 Å². The first-order chi connectivity index (χ1) is 7.81. The first-order valence-electron chi connectivity index (χ1n) is 5.87. The van der Waals surface area contributed by atoms with Gasteiger partial charge in [0, 0.05) is 13.5 Å². The van der Waals surface area contributed by atoms with Gasteiger partial charge in [-0.3, -0.25) is 0 Å². The molecule has 0 aromatic carbocycles. The molecule has 0 saturated carbocycles. The molecule has 85 valence electrons. The number of unbranched alkanes of at least 4 members (excludes halogenated alkanes) is 3. The Labute approximate surface area is 95.7 Å². The van der Waals surface area contributed by atoms with E-state index in [0.717, 1.165) is 29.8 Å². The van der Waals surface area contributed by atoms with Crippen molar-refractivity contribution in [1.29, 1.82) is 0 Å². The van der Waals surface area contributed by atoms with E-state index in [1.807, 2.05) is 11.6 Å². The Morgan fingerprint density at radius 3 is 3.00 bits per heavy atom. The SMILES string of the molecule is CCCCCCc1n[c]c2ncn(C)c2n1. The van der Waals surface area contributed by atoms with Crippen LogP contribution in [0.2, 0.25) is 0 Å². The molecule has 0 atom stereocenters. The molecule has 0 spiro atoms. The summed E-state index contributed by atoms with van der Waals surface area (Å²) >= 11 is 0. The highest BCUT2D eigenvalue weighted by molar-refractivity contribution is 5.68. The summed E-state index contributed by atoms with van der Waals surface area (Å²) in [4.78, 5) is 12.8. The number of aryl methyl sites for hydroxylation is 2. The monoisotopic (exact) mass is 217 g/mol. The lowest BCUT2D eigenvalue weighted by Gasteiger charge is -2.00. The Morgan fingerprint density at radius 2 is 2.19 bits per heavy atom. The molecule has 0 N–H and O–H groups in total. The van der Waals surface area contributed by atoms with Crippen molar-refractivity contribution >= 4 is 11.2 Å². The van der Waals surface area contributed by atoms with Gasteiger partial charge in [0.1, 0.15) is 17.5 Å². The molecule has 0 aliphatic rings. The Balaban J connectivity index is 2.04. The van der Waals surface area contributed by atoms with E-state index < -0.39 is 0 Å². The molecular formula is C12H17N4. The van der Waals surface area contributed by atoms with Crippen LogP contribution >= 0.6 is 0 Å². The van der Waals surface area contributed by atoms with E-state index >= 15 is 0 Å². The fraction of sp³-hybridized carbons (Fsp3) is 0.583. The van der Waals surface area contributed by atoms with Gasteiger partial charge in [0.05, 0.1) is 6.33 Å². The van der Waals surface area contributed by atoms with Gasteiger partial charge in [-0.2, -0.15) is 0 Å². The maximum absolute atomic E-state index is 4.49. The van der Waals surface area contributed by atoms with E-state index in [1.54, 1.807) is 6.33 Å². The van der Waals surface area contributed by atoms with Crippen LogP contribution in [0.25, 0.3) is 11.2 Å². The Bertz CT molecular complexity index is 461. The van der Waals surface area contributed by atoms with E-state index in [1.165, 1.54) is 19.3 Å². The van der Waals surface area contributed by atoms with E-state index in [-0.39, 0.29) is 0 Å². The van der Waals surface area contributed by atoms with Crippen LogP contribution in [0.3, 0.4) is 0 Å². The third kappa shape index (κ3) is 2.38. The summed E-state index contributed by atoms with van der Waals surface area (Å²) in [7, 11) is 1.94. The van der Waals surface area contributed by atoms with E-state index in [4.69, 9.17) is 0 Å². The first kappa shape index (κ1) is 11.0. The summed E-state index contributed by atoms with van der Waals surface area (Å²) in [5.74, 6) is 0.882. The first-order valence-corrected chi connectivity index (χ1v) is 5.87. The summed E-state index contributed by atoms with van der Waals surface area (Å²) < 4.78 is 1.91. The number of fused-ring (bicyclic) bond motifs is 1. The maximum Gasteiger partial charge on any atom is 0.163 e. The molecule has 0 aliphatic carbocycles. The predicted molar refractivity (Wildman–Crippen MR) is 63.0 cm³/mol. The molecule has 4 heteroatoms. The van der Waals surface area contributed by atoms with Gasteiger partial charge in [-0.05, 0) is 6.42 Å². The molecule has 0 amide bonds. The molecule has 0 aliphatic heterocycles. The number of rotatable bonds is 5. The van der Waals surface area contributed by atoms with Crippen LogP contribution in [0.1, 0.15) is 38.4 Å². The second-order valence-corrected chi connectivity index (χ2v) is 4.09. The third-order valence-corrected chi connectivity index (χ3v) is 2.69. The predicted octanol–water partition coefficient (Wildman–Crippen LogP) is 2.29. The normalized spacial score (nSPS) is 11.1. The van der Waals surface area contributed by atoms with Gasteiger partial charge in [0.2, 0.25) is 0 Å². The van der Waals surface area contributed by atoms with Crippen molar-refractivity contribution in [3.05, 3.63) is 18.3 Å². The van der Waals surface area contributed by atoms with E-state index in [2.05, 4.69) is 28.1 Å². The summed E-state index contributed by atoms with van der Waals surface area (Å²) in [5.41, 5.74) is 1.63. The minimum atomic E-state index is 0.750. The second-order valence-electron chi connectivity index (χ2n) is 4.09. The van der Waals surface area contributed by atoms with Crippen molar-refractivity contribution in [3.63, 3.8) is 0 Å². The molecule has 0 fully saturated rings. The molecule has 2 heterocycles.